The van der Waals surface area contributed by atoms with Gasteiger partial charge in [0.2, 0.25) is 0 Å². The van der Waals surface area contributed by atoms with Crippen molar-refractivity contribution in [3.05, 3.63) is 71.8 Å². The zero-order valence-electron chi connectivity index (χ0n) is 11.0. The molecule has 0 spiro atoms. The average molecular weight is 280 g/mol. The number of methoxy groups -OCH3 is 1. The van der Waals surface area contributed by atoms with E-state index in [0.29, 0.717) is 5.56 Å². The molecule has 2 rings (SSSR count). The third-order valence-electron chi connectivity index (χ3n) is 3.34. The van der Waals surface area contributed by atoms with Crippen molar-refractivity contribution in [2.75, 3.05) is 7.11 Å². The molecule has 0 N–H and O–H groups in total. The molecule has 2 aromatic carbocycles. The molecule has 0 fully saturated rings. The Kier molecular flexibility index (Phi) is 4.14. The number of ether oxygens (including phenoxy) is 1. The zero-order valence-corrected chi connectivity index (χ0v) is 11.0. The first-order chi connectivity index (χ1) is 9.49. The maximum Gasteiger partial charge on any atom is 0.422 e. The first-order valence-corrected chi connectivity index (χ1v) is 6.21. The highest BCUT2D eigenvalue weighted by atomic mass is 19.4. The van der Waals surface area contributed by atoms with Gasteiger partial charge in [-0.2, -0.15) is 13.2 Å². The van der Waals surface area contributed by atoms with E-state index >= 15 is 0 Å². The molecule has 0 bridgehead atoms. The summed E-state index contributed by atoms with van der Waals surface area (Å²) in [6.45, 7) is 0. The van der Waals surface area contributed by atoms with E-state index in [9.17, 15) is 13.2 Å². The van der Waals surface area contributed by atoms with E-state index in [-0.39, 0.29) is 12.0 Å². The van der Waals surface area contributed by atoms with E-state index in [2.05, 4.69) is 0 Å². The normalized spacial score (nSPS) is 14.8. The van der Waals surface area contributed by atoms with Gasteiger partial charge in [0, 0.05) is 13.5 Å². The lowest BCUT2D eigenvalue weighted by Gasteiger charge is -2.35. The minimum Gasteiger partial charge on any atom is -0.364 e. The van der Waals surface area contributed by atoms with E-state index in [1.807, 2.05) is 0 Å². The van der Waals surface area contributed by atoms with Gasteiger partial charge >= 0.3 is 6.18 Å². The summed E-state index contributed by atoms with van der Waals surface area (Å²) in [7, 11) is 1.10. The first kappa shape index (κ1) is 14.6. The van der Waals surface area contributed by atoms with Crippen molar-refractivity contribution in [1.29, 1.82) is 0 Å². The van der Waals surface area contributed by atoms with Crippen LogP contribution in [0, 0.1) is 0 Å². The molecule has 1 nitrogen and oxygen atoms in total. The Morgan fingerprint density at radius 3 is 1.80 bits per heavy atom. The summed E-state index contributed by atoms with van der Waals surface area (Å²) in [4.78, 5) is 0. The van der Waals surface area contributed by atoms with E-state index in [4.69, 9.17) is 4.74 Å². The van der Waals surface area contributed by atoms with Crippen LogP contribution in [0.25, 0.3) is 0 Å². The maximum atomic E-state index is 13.6. The number of hydrogen-bond donors (Lipinski definition) is 0. The fraction of sp³-hybridized carbons (Fsp3) is 0.250. The van der Waals surface area contributed by atoms with Gasteiger partial charge in [-0.25, -0.2) is 0 Å². The average Bonchev–Trinajstić information content (AvgIpc) is 2.45. The summed E-state index contributed by atoms with van der Waals surface area (Å²) in [5.74, 6) is 0. The zero-order chi connectivity index (χ0) is 14.6. The second-order valence-electron chi connectivity index (χ2n) is 4.56. The summed E-state index contributed by atoms with van der Waals surface area (Å²) in [5, 5.41) is 0. The monoisotopic (exact) mass is 280 g/mol. The SMILES string of the molecule is COC(Cc1ccccc1)(c1ccccc1)C(F)(F)F. The molecule has 1 atom stereocenters. The smallest absolute Gasteiger partial charge is 0.364 e. The molecular formula is C16H15F3O. The lowest BCUT2D eigenvalue weighted by atomic mass is 9.86. The van der Waals surface area contributed by atoms with Gasteiger partial charge in [-0.15, -0.1) is 0 Å². The molecule has 0 aromatic heterocycles. The molecule has 4 heteroatoms. The van der Waals surface area contributed by atoms with Gasteiger partial charge in [0.15, 0.2) is 5.60 Å². The minimum absolute atomic E-state index is 0.110. The molecule has 1 unspecified atom stereocenters. The third kappa shape index (κ3) is 2.70. The van der Waals surface area contributed by atoms with Crippen molar-refractivity contribution in [2.24, 2.45) is 0 Å². The molecule has 0 aliphatic rings. The van der Waals surface area contributed by atoms with Crippen molar-refractivity contribution in [1.82, 2.24) is 0 Å². The molecule has 106 valence electrons. The Morgan fingerprint density at radius 1 is 0.850 bits per heavy atom. The van der Waals surface area contributed by atoms with E-state index in [1.54, 1.807) is 48.5 Å². The summed E-state index contributed by atoms with van der Waals surface area (Å²) < 4.78 is 45.8. The van der Waals surface area contributed by atoms with Crippen LogP contribution in [0.4, 0.5) is 13.2 Å². The van der Waals surface area contributed by atoms with Crippen molar-refractivity contribution in [2.45, 2.75) is 18.2 Å². The van der Waals surface area contributed by atoms with Gasteiger partial charge in [0.05, 0.1) is 0 Å². The number of benzene rings is 2. The van der Waals surface area contributed by atoms with E-state index in [1.165, 1.54) is 12.1 Å². The maximum absolute atomic E-state index is 13.6. The first-order valence-electron chi connectivity index (χ1n) is 6.21. The van der Waals surface area contributed by atoms with Crippen LogP contribution in [0.5, 0.6) is 0 Å². The van der Waals surface area contributed by atoms with Gasteiger partial charge in [-0.1, -0.05) is 60.7 Å². The third-order valence-corrected chi connectivity index (χ3v) is 3.34. The molecule has 0 heterocycles. The predicted molar refractivity (Wildman–Crippen MR) is 71.3 cm³/mol. The standard InChI is InChI=1S/C16H15F3O/c1-20-15(16(17,18)19,14-10-6-3-7-11-14)12-13-8-4-2-5-9-13/h2-11H,12H2,1H3. The van der Waals surface area contributed by atoms with Crippen LogP contribution in [0.2, 0.25) is 0 Å². The molecule has 0 saturated carbocycles. The quantitative estimate of drug-likeness (QED) is 0.809. The lowest BCUT2D eigenvalue weighted by Crippen LogP contribution is -2.46. The van der Waals surface area contributed by atoms with Gasteiger partial charge in [-0.05, 0) is 11.1 Å². The van der Waals surface area contributed by atoms with Crippen LogP contribution < -0.4 is 0 Å². The summed E-state index contributed by atoms with van der Waals surface area (Å²) in [5.41, 5.74) is -1.63. The molecule has 0 radical (unpaired) electrons. The molecule has 2 aromatic rings. The van der Waals surface area contributed by atoms with Crippen LogP contribution in [0.15, 0.2) is 60.7 Å². The molecular weight excluding hydrogens is 265 g/mol. The van der Waals surface area contributed by atoms with Gasteiger partial charge in [0.1, 0.15) is 0 Å². The Balaban J connectivity index is 2.49. The largest absolute Gasteiger partial charge is 0.422 e. The summed E-state index contributed by atoms with van der Waals surface area (Å²) in [6.07, 6.45) is -4.75. The number of hydrogen-bond acceptors (Lipinski definition) is 1. The Hall–Kier alpha value is -1.81. The highest BCUT2D eigenvalue weighted by Crippen LogP contribution is 2.44. The van der Waals surface area contributed by atoms with Crippen LogP contribution >= 0.6 is 0 Å². The number of rotatable bonds is 4. The van der Waals surface area contributed by atoms with Crippen LogP contribution in [0.3, 0.4) is 0 Å². The predicted octanol–water partition coefficient (Wildman–Crippen LogP) is 4.33. The molecule has 20 heavy (non-hydrogen) atoms. The molecule has 0 amide bonds. The highest BCUT2D eigenvalue weighted by Gasteiger charge is 2.56. The van der Waals surface area contributed by atoms with Crippen LogP contribution in [-0.4, -0.2) is 13.3 Å². The second-order valence-corrected chi connectivity index (χ2v) is 4.56. The summed E-state index contributed by atoms with van der Waals surface area (Å²) in [6, 6.07) is 16.3. The van der Waals surface area contributed by atoms with Gasteiger partial charge in [0.25, 0.3) is 0 Å². The van der Waals surface area contributed by atoms with Crippen LogP contribution in [0.1, 0.15) is 11.1 Å². The minimum atomic E-state index is -4.50. The van der Waals surface area contributed by atoms with Gasteiger partial charge < -0.3 is 4.74 Å². The fourth-order valence-corrected chi connectivity index (χ4v) is 2.26. The highest BCUT2D eigenvalue weighted by molar-refractivity contribution is 5.29. The van der Waals surface area contributed by atoms with Crippen molar-refractivity contribution >= 4 is 0 Å². The van der Waals surface area contributed by atoms with Crippen molar-refractivity contribution in [3.63, 3.8) is 0 Å². The van der Waals surface area contributed by atoms with Gasteiger partial charge in [-0.3, -0.25) is 0 Å². The van der Waals surface area contributed by atoms with Crippen molar-refractivity contribution < 1.29 is 17.9 Å². The van der Waals surface area contributed by atoms with Crippen LogP contribution in [-0.2, 0) is 16.8 Å². The molecule has 0 aliphatic heterocycles. The fourth-order valence-electron chi connectivity index (χ4n) is 2.26. The van der Waals surface area contributed by atoms with E-state index in [0.717, 1.165) is 7.11 Å². The Labute approximate surface area is 116 Å². The number of halogens is 3. The van der Waals surface area contributed by atoms with Crippen molar-refractivity contribution in [3.8, 4) is 0 Å². The molecule has 0 aliphatic carbocycles. The Bertz CT molecular complexity index is 537. The second kappa shape index (κ2) is 5.67. The lowest BCUT2D eigenvalue weighted by molar-refractivity contribution is -0.276. The summed E-state index contributed by atoms with van der Waals surface area (Å²) >= 11 is 0. The molecule has 0 saturated heterocycles. The topological polar surface area (TPSA) is 9.23 Å². The Morgan fingerprint density at radius 2 is 1.35 bits per heavy atom. The number of alkyl halides is 3. The van der Waals surface area contributed by atoms with E-state index < -0.39 is 11.8 Å².